The maximum absolute atomic E-state index is 12.8. The first-order valence-corrected chi connectivity index (χ1v) is 9.73. The fourth-order valence-corrected chi connectivity index (χ4v) is 3.56. The smallest absolute Gasteiger partial charge is 0.387 e. The van der Waals surface area contributed by atoms with Crippen molar-refractivity contribution in [2.45, 2.75) is 25.9 Å². The Kier molecular flexibility index (Phi) is 7.37. The van der Waals surface area contributed by atoms with Crippen LogP contribution in [-0.4, -0.2) is 55.0 Å². The van der Waals surface area contributed by atoms with Crippen molar-refractivity contribution in [3.63, 3.8) is 0 Å². The van der Waals surface area contributed by atoms with Gasteiger partial charge in [0.15, 0.2) is 0 Å². The van der Waals surface area contributed by atoms with Gasteiger partial charge in [0, 0.05) is 19.6 Å². The van der Waals surface area contributed by atoms with Crippen molar-refractivity contribution in [3.05, 3.63) is 65.7 Å². The van der Waals surface area contributed by atoms with Crippen LogP contribution in [0.2, 0.25) is 0 Å². The Hall–Kier alpha value is -2.47. The van der Waals surface area contributed by atoms with Gasteiger partial charge in [-0.05, 0) is 50.0 Å². The number of aryl methyl sites for hydroxylation is 1. The normalized spacial score (nSPS) is 15.5. The lowest BCUT2D eigenvalue weighted by atomic mass is 10.1. The van der Waals surface area contributed by atoms with Crippen molar-refractivity contribution in [1.82, 2.24) is 9.80 Å². The second-order valence-corrected chi connectivity index (χ2v) is 6.95. The van der Waals surface area contributed by atoms with Gasteiger partial charge < -0.3 is 14.5 Å². The third-order valence-corrected chi connectivity index (χ3v) is 4.99. The molecule has 28 heavy (non-hydrogen) atoms. The molecule has 2 aromatic carbocycles. The van der Waals surface area contributed by atoms with E-state index in [1.165, 1.54) is 11.6 Å². The summed E-state index contributed by atoms with van der Waals surface area (Å²) in [6, 6.07) is 16.6. The predicted octanol–water partition coefficient (Wildman–Crippen LogP) is 4.07. The van der Waals surface area contributed by atoms with Gasteiger partial charge in [-0.3, -0.25) is 4.79 Å². The number of rotatable bonds is 7. The van der Waals surface area contributed by atoms with E-state index < -0.39 is 6.61 Å². The Morgan fingerprint density at radius 1 is 0.964 bits per heavy atom. The van der Waals surface area contributed by atoms with Gasteiger partial charge in [0.25, 0.3) is 5.91 Å². The first-order chi connectivity index (χ1) is 13.6. The van der Waals surface area contributed by atoms with Gasteiger partial charge >= 0.3 is 6.61 Å². The van der Waals surface area contributed by atoms with E-state index in [4.69, 9.17) is 0 Å². The second kappa shape index (κ2) is 10.2. The Labute approximate surface area is 164 Å². The number of hydrogen-bond acceptors (Lipinski definition) is 3. The fourth-order valence-electron chi connectivity index (χ4n) is 3.56. The van der Waals surface area contributed by atoms with Crippen LogP contribution in [0, 0.1) is 0 Å². The van der Waals surface area contributed by atoms with Crippen LogP contribution in [0.15, 0.2) is 54.6 Å². The molecule has 150 valence electrons. The lowest BCUT2D eigenvalue weighted by molar-refractivity contribution is -0.0502. The molecule has 0 N–H and O–H groups in total. The number of carbonyl (C=O) groups excluding carboxylic acids is 1. The molecule has 4 nitrogen and oxygen atoms in total. The molecule has 0 aromatic heterocycles. The van der Waals surface area contributed by atoms with Gasteiger partial charge in [-0.25, -0.2) is 0 Å². The molecule has 0 bridgehead atoms. The first-order valence-electron chi connectivity index (χ1n) is 9.73. The molecular weight excluding hydrogens is 362 g/mol. The molecule has 3 rings (SSSR count). The standard InChI is InChI=1S/C22H26F2N2O2/c23-22(24)28-20-12-5-4-11-19(20)21(27)26-15-7-14-25(16-17-26)13-6-10-18-8-2-1-3-9-18/h1-5,8-9,11-12,22H,6-7,10,13-17H2. The minimum atomic E-state index is -2.95. The molecule has 1 saturated heterocycles. The number of para-hydroxylation sites is 1. The molecule has 6 heteroatoms. The largest absolute Gasteiger partial charge is 0.434 e. The van der Waals surface area contributed by atoms with Crippen LogP contribution < -0.4 is 4.74 Å². The van der Waals surface area contributed by atoms with Crippen LogP contribution in [0.4, 0.5) is 8.78 Å². The summed E-state index contributed by atoms with van der Waals surface area (Å²) in [6.45, 7) is 0.983. The highest BCUT2D eigenvalue weighted by molar-refractivity contribution is 5.97. The summed E-state index contributed by atoms with van der Waals surface area (Å²) < 4.78 is 29.7. The van der Waals surface area contributed by atoms with Crippen LogP contribution in [0.25, 0.3) is 0 Å². The van der Waals surface area contributed by atoms with Crippen molar-refractivity contribution >= 4 is 5.91 Å². The number of nitrogens with zero attached hydrogens (tertiary/aromatic N) is 2. The quantitative estimate of drug-likeness (QED) is 0.717. The molecule has 0 saturated carbocycles. The molecule has 1 amide bonds. The first kappa shape index (κ1) is 20.3. The van der Waals surface area contributed by atoms with E-state index in [1.807, 2.05) is 6.07 Å². The molecule has 0 spiro atoms. The Morgan fingerprint density at radius 2 is 1.71 bits per heavy atom. The molecule has 1 aliphatic rings. The van der Waals surface area contributed by atoms with E-state index >= 15 is 0 Å². The Morgan fingerprint density at radius 3 is 2.50 bits per heavy atom. The van der Waals surface area contributed by atoms with E-state index in [9.17, 15) is 13.6 Å². The molecule has 0 radical (unpaired) electrons. The summed E-state index contributed by atoms with van der Waals surface area (Å²) in [4.78, 5) is 17.0. The zero-order valence-corrected chi connectivity index (χ0v) is 15.9. The number of halogens is 2. The van der Waals surface area contributed by atoms with Crippen molar-refractivity contribution in [2.24, 2.45) is 0 Å². The van der Waals surface area contributed by atoms with E-state index in [0.717, 1.165) is 38.9 Å². The highest BCUT2D eigenvalue weighted by Gasteiger charge is 2.23. The molecule has 0 unspecified atom stereocenters. The van der Waals surface area contributed by atoms with Gasteiger partial charge in [-0.15, -0.1) is 0 Å². The number of amides is 1. The van der Waals surface area contributed by atoms with Crippen LogP contribution in [0.1, 0.15) is 28.8 Å². The summed E-state index contributed by atoms with van der Waals surface area (Å²) in [5.41, 5.74) is 1.53. The SMILES string of the molecule is O=C(c1ccccc1OC(F)F)N1CCCN(CCCc2ccccc2)CC1. The van der Waals surface area contributed by atoms with Gasteiger partial charge in [-0.2, -0.15) is 8.78 Å². The van der Waals surface area contributed by atoms with Crippen LogP contribution in [0.5, 0.6) is 5.75 Å². The number of ether oxygens (including phenoxy) is 1. The summed E-state index contributed by atoms with van der Waals surface area (Å²) in [7, 11) is 0. The summed E-state index contributed by atoms with van der Waals surface area (Å²) >= 11 is 0. The number of benzene rings is 2. The molecule has 1 aliphatic heterocycles. The predicted molar refractivity (Wildman–Crippen MR) is 105 cm³/mol. The maximum Gasteiger partial charge on any atom is 0.387 e. The van der Waals surface area contributed by atoms with Crippen LogP contribution in [0.3, 0.4) is 0 Å². The van der Waals surface area contributed by atoms with E-state index in [0.29, 0.717) is 13.1 Å². The van der Waals surface area contributed by atoms with Crippen molar-refractivity contribution in [1.29, 1.82) is 0 Å². The number of hydrogen-bond donors (Lipinski definition) is 0. The Balaban J connectivity index is 1.53. The third kappa shape index (κ3) is 5.76. The fraction of sp³-hybridized carbons (Fsp3) is 0.409. The average molecular weight is 388 g/mol. The van der Waals surface area contributed by atoms with E-state index in [-0.39, 0.29) is 17.2 Å². The number of alkyl halides is 2. The van der Waals surface area contributed by atoms with E-state index in [1.54, 1.807) is 23.1 Å². The minimum absolute atomic E-state index is 0.0635. The zero-order chi connectivity index (χ0) is 19.8. The summed E-state index contributed by atoms with van der Waals surface area (Å²) in [5.74, 6) is -0.311. The number of carbonyl (C=O) groups is 1. The van der Waals surface area contributed by atoms with Gasteiger partial charge in [-0.1, -0.05) is 42.5 Å². The van der Waals surface area contributed by atoms with Gasteiger partial charge in [0.2, 0.25) is 0 Å². The minimum Gasteiger partial charge on any atom is -0.434 e. The molecular formula is C22H26F2N2O2. The highest BCUT2D eigenvalue weighted by Crippen LogP contribution is 2.22. The third-order valence-electron chi connectivity index (χ3n) is 4.99. The monoisotopic (exact) mass is 388 g/mol. The molecule has 0 atom stereocenters. The van der Waals surface area contributed by atoms with Crippen LogP contribution in [-0.2, 0) is 6.42 Å². The van der Waals surface area contributed by atoms with Gasteiger partial charge in [0.05, 0.1) is 5.56 Å². The van der Waals surface area contributed by atoms with Crippen molar-refractivity contribution in [2.75, 3.05) is 32.7 Å². The Bertz CT molecular complexity index is 755. The topological polar surface area (TPSA) is 32.8 Å². The molecule has 1 heterocycles. The van der Waals surface area contributed by atoms with E-state index in [2.05, 4.69) is 33.9 Å². The van der Waals surface area contributed by atoms with Crippen LogP contribution >= 0.6 is 0 Å². The molecule has 1 fully saturated rings. The highest BCUT2D eigenvalue weighted by atomic mass is 19.3. The molecule has 0 aliphatic carbocycles. The lowest BCUT2D eigenvalue weighted by Crippen LogP contribution is -2.35. The summed E-state index contributed by atoms with van der Waals surface area (Å²) in [6.07, 6.45) is 2.98. The van der Waals surface area contributed by atoms with Crippen molar-refractivity contribution in [3.8, 4) is 5.75 Å². The maximum atomic E-state index is 12.8. The lowest BCUT2D eigenvalue weighted by Gasteiger charge is -2.23. The molecule has 2 aromatic rings. The second-order valence-electron chi connectivity index (χ2n) is 6.95. The summed E-state index contributed by atoms with van der Waals surface area (Å²) in [5, 5.41) is 0. The zero-order valence-electron chi connectivity index (χ0n) is 15.9. The van der Waals surface area contributed by atoms with Gasteiger partial charge in [0.1, 0.15) is 5.75 Å². The van der Waals surface area contributed by atoms with Crippen molar-refractivity contribution < 1.29 is 18.3 Å². The average Bonchev–Trinajstić information content (AvgIpc) is 2.94.